The van der Waals surface area contributed by atoms with Gasteiger partial charge in [0.25, 0.3) is 0 Å². The van der Waals surface area contributed by atoms with Gasteiger partial charge in [-0.1, -0.05) is 12.1 Å². The van der Waals surface area contributed by atoms with Crippen LogP contribution >= 0.6 is 12.2 Å². The molecule has 0 radical (unpaired) electrons. The highest BCUT2D eigenvalue weighted by molar-refractivity contribution is 7.80. The standard InChI is InChI=1S/C9H16N4OS/c1-3-5-10-9(15)11-6-4-8-12-7(2)13-14-8/h3-6H2,1-2H3,(H2,10,11,15). The Morgan fingerprint density at radius 1 is 1.40 bits per heavy atom. The van der Waals surface area contributed by atoms with Crippen LogP contribution in [0.3, 0.4) is 0 Å². The lowest BCUT2D eigenvalue weighted by Gasteiger charge is -2.07. The van der Waals surface area contributed by atoms with Gasteiger partial charge < -0.3 is 15.2 Å². The molecule has 84 valence electrons. The molecule has 0 bridgehead atoms. The zero-order valence-electron chi connectivity index (χ0n) is 9.04. The third-order valence-electron chi connectivity index (χ3n) is 1.73. The molecule has 0 saturated heterocycles. The minimum Gasteiger partial charge on any atom is -0.363 e. The SMILES string of the molecule is CCCNC(=S)NCCc1nc(C)no1. The highest BCUT2D eigenvalue weighted by atomic mass is 32.1. The summed E-state index contributed by atoms with van der Waals surface area (Å²) >= 11 is 5.05. The first-order valence-corrected chi connectivity index (χ1v) is 5.44. The molecule has 5 nitrogen and oxygen atoms in total. The summed E-state index contributed by atoms with van der Waals surface area (Å²) in [7, 11) is 0. The van der Waals surface area contributed by atoms with Crippen molar-refractivity contribution in [1.29, 1.82) is 0 Å². The predicted molar refractivity (Wildman–Crippen MR) is 61.6 cm³/mol. The minimum atomic E-state index is 0.637. The van der Waals surface area contributed by atoms with E-state index in [1.54, 1.807) is 6.92 Å². The molecule has 1 rings (SSSR count). The number of aryl methyl sites for hydroxylation is 1. The van der Waals surface area contributed by atoms with E-state index in [0.717, 1.165) is 13.0 Å². The molecule has 0 fully saturated rings. The highest BCUT2D eigenvalue weighted by Crippen LogP contribution is 1.95. The Hall–Kier alpha value is -1.17. The molecule has 0 aliphatic heterocycles. The van der Waals surface area contributed by atoms with Gasteiger partial charge in [-0.05, 0) is 25.6 Å². The molecule has 0 saturated carbocycles. The van der Waals surface area contributed by atoms with Crippen molar-refractivity contribution in [3.8, 4) is 0 Å². The van der Waals surface area contributed by atoms with E-state index >= 15 is 0 Å². The number of hydrogen-bond donors (Lipinski definition) is 2. The van der Waals surface area contributed by atoms with E-state index in [-0.39, 0.29) is 0 Å². The topological polar surface area (TPSA) is 63.0 Å². The smallest absolute Gasteiger partial charge is 0.228 e. The summed E-state index contributed by atoms with van der Waals surface area (Å²) in [5, 5.41) is 10.5. The Bertz CT molecular complexity index is 313. The average molecular weight is 228 g/mol. The number of hydrogen-bond acceptors (Lipinski definition) is 4. The maximum atomic E-state index is 5.05. The number of nitrogens with one attached hydrogen (secondary N) is 2. The van der Waals surface area contributed by atoms with Crippen LogP contribution in [0.25, 0.3) is 0 Å². The normalized spacial score (nSPS) is 10.0. The van der Waals surface area contributed by atoms with E-state index in [1.807, 2.05) is 0 Å². The minimum absolute atomic E-state index is 0.637. The third-order valence-corrected chi connectivity index (χ3v) is 2.02. The van der Waals surface area contributed by atoms with Crippen LogP contribution in [-0.4, -0.2) is 28.3 Å². The first kappa shape index (κ1) is 11.9. The molecule has 0 aliphatic carbocycles. The zero-order valence-corrected chi connectivity index (χ0v) is 9.86. The summed E-state index contributed by atoms with van der Waals surface area (Å²) < 4.78 is 4.96. The van der Waals surface area contributed by atoms with Gasteiger partial charge in [-0.2, -0.15) is 4.98 Å². The number of rotatable bonds is 5. The summed E-state index contributed by atoms with van der Waals surface area (Å²) in [6.45, 7) is 5.49. The van der Waals surface area contributed by atoms with Gasteiger partial charge in [0.1, 0.15) is 0 Å². The Balaban J connectivity index is 2.13. The molecule has 0 spiro atoms. The lowest BCUT2D eigenvalue weighted by atomic mass is 10.4. The van der Waals surface area contributed by atoms with Crippen molar-refractivity contribution in [3.63, 3.8) is 0 Å². The summed E-state index contributed by atoms with van der Waals surface area (Å²) in [5.41, 5.74) is 0. The summed E-state index contributed by atoms with van der Waals surface area (Å²) in [4.78, 5) is 4.09. The summed E-state index contributed by atoms with van der Waals surface area (Å²) in [6.07, 6.45) is 1.75. The second-order valence-corrected chi connectivity index (χ2v) is 3.58. The van der Waals surface area contributed by atoms with Crippen LogP contribution in [0.4, 0.5) is 0 Å². The van der Waals surface area contributed by atoms with Gasteiger partial charge >= 0.3 is 0 Å². The van der Waals surface area contributed by atoms with E-state index < -0.39 is 0 Å². The molecule has 15 heavy (non-hydrogen) atoms. The molecule has 0 atom stereocenters. The molecular weight excluding hydrogens is 212 g/mol. The number of aromatic nitrogens is 2. The molecule has 2 N–H and O–H groups in total. The molecule has 1 aromatic heterocycles. The van der Waals surface area contributed by atoms with Gasteiger partial charge in [0.2, 0.25) is 5.89 Å². The van der Waals surface area contributed by atoms with E-state index in [2.05, 4.69) is 27.7 Å². The predicted octanol–water partition coefficient (Wildman–Crippen LogP) is 0.795. The Kier molecular flexibility index (Phi) is 5.03. The third kappa shape index (κ3) is 4.73. The molecule has 0 aromatic carbocycles. The van der Waals surface area contributed by atoms with Crippen LogP contribution < -0.4 is 10.6 Å². The van der Waals surface area contributed by atoms with Crippen molar-refractivity contribution in [1.82, 2.24) is 20.8 Å². The highest BCUT2D eigenvalue weighted by Gasteiger charge is 2.02. The van der Waals surface area contributed by atoms with Gasteiger partial charge in [-0.3, -0.25) is 0 Å². The fourth-order valence-electron chi connectivity index (χ4n) is 1.03. The monoisotopic (exact) mass is 228 g/mol. The first-order valence-electron chi connectivity index (χ1n) is 5.03. The van der Waals surface area contributed by atoms with Crippen LogP contribution in [0.1, 0.15) is 25.1 Å². The van der Waals surface area contributed by atoms with Crippen LogP contribution in [0, 0.1) is 6.92 Å². The second-order valence-electron chi connectivity index (χ2n) is 3.17. The largest absolute Gasteiger partial charge is 0.363 e. The van der Waals surface area contributed by atoms with Gasteiger partial charge in [0.05, 0.1) is 0 Å². The van der Waals surface area contributed by atoms with E-state index in [0.29, 0.717) is 29.8 Å². The van der Waals surface area contributed by atoms with Crippen LogP contribution in [0.15, 0.2) is 4.52 Å². The number of thiocarbonyl (C=S) groups is 1. The van der Waals surface area contributed by atoms with Crippen molar-refractivity contribution < 1.29 is 4.52 Å². The fourth-order valence-corrected chi connectivity index (χ4v) is 1.23. The number of nitrogens with zero attached hydrogens (tertiary/aromatic N) is 2. The first-order chi connectivity index (χ1) is 7.22. The van der Waals surface area contributed by atoms with Crippen molar-refractivity contribution in [2.75, 3.05) is 13.1 Å². The van der Waals surface area contributed by atoms with Gasteiger partial charge in [0.15, 0.2) is 10.9 Å². The summed E-state index contributed by atoms with van der Waals surface area (Å²) in [6, 6.07) is 0. The average Bonchev–Trinajstić information content (AvgIpc) is 2.61. The van der Waals surface area contributed by atoms with Crippen molar-refractivity contribution in [3.05, 3.63) is 11.7 Å². The van der Waals surface area contributed by atoms with Crippen LogP contribution in [-0.2, 0) is 6.42 Å². The lowest BCUT2D eigenvalue weighted by molar-refractivity contribution is 0.374. The quantitative estimate of drug-likeness (QED) is 0.727. The maximum Gasteiger partial charge on any atom is 0.228 e. The Morgan fingerprint density at radius 3 is 2.73 bits per heavy atom. The van der Waals surface area contributed by atoms with Crippen molar-refractivity contribution in [2.24, 2.45) is 0 Å². The second kappa shape index (κ2) is 6.34. The molecule has 0 amide bonds. The Morgan fingerprint density at radius 2 is 2.13 bits per heavy atom. The van der Waals surface area contributed by atoms with E-state index in [4.69, 9.17) is 16.7 Å². The Labute approximate surface area is 94.6 Å². The molecule has 0 aliphatic rings. The molecule has 0 unspecified atom stereocenters. The molecule has 6 heteroatoms. The molecule has 1 heterocycles. The van der Waals surface area contributed by atoms with Crippen molar-refractivity contribution in [2.45, 2.75) is 26.7 Å². The van der Waals surface area contributed by atoms with Crippen molar-refractivity contribution >= 4 is 17.3 Å². The van der Waals surface area contributed by atoms with Crippen LogP contribution in [0.2, 0.25) is 0 Å². The van der Waals surface area contributed by atoms with Crippen LogP contribution in [0.5, 0.6) is 0 Å². The zero-order chi connectivity index (χ0) is 11.1. The summed E-state index contributed by atoms with van der Waals surface area (Å²) in [5.74, 6) is 1.30. The fraction of sp³-hybridized carbons (Fsp3) is 0.667. The van der Waals surface area contributed by atoms with Gasteiger partial charge in [-0.25, -0.2) is 0 Å². The van der Waals surface area contributed by atoms with Gasteiger partial charge in [0, 0.05) is 19.5 Å². The lowest BCUT2D eigenvalue weighted by Crippen LogP contribution is -2.36. The van der Waals surface area contributed by atoms with E-state index in [1.165, 1.54) is 0 Å². The molecular formula is C9H16N4OS. The van der Waals surface area contributed by atoms with E-state index in [9.17, 15) is 0 Å². The van der Waals surface area contributed by atoms with Gasteiger partial charge in [-0.15, -0.1) is 0 Å². The molecule has 1 aromatic rings. The maximum absolute atomic E-state index is 5.05.